The molecule has 0 saturated heterocycles. The van der Waals surface area contributed by atoms with Crippen LogP contribution in [0.15, 0.2) is 96.4 Å². The number of benzene rings is 3. The number of carboxylic acids is 1. The lowest BCUT2D eigenvalue weighted by atomic mass is 10.1. The van der Waals surface area contributed by atoms with Crippen LogP contribution in [0, 0.1) is 6.92 Å². The minimum atomic E-state index is -1.12. The Kier molecular flexibility index (Phi) is 6.07. The van der Waals surface area contributed by atoms with Crippen LogP contribution >= 0.6 is 0 Å². The van der Waals surface area contributed by atoms with Crippen LogP contribution in [0.2, 0.25) is 0 Å². The van der Waals surface area contributed by atoms with Crippen LogP contribution in [-0.2, 0) is 0 Å². The summed E-state index contributed by atoms with van der Waals surface area (Å²) in [5.74, 6) is -1.69. The number of aromatic hydroxyl groups is 1. The fraction of sp³-hybridized carbons (Fsp3) is 0.0690. The van der Waals surface area contributed by atoms with Gasteiger partial charge in [-0.3, -0.25) is 9.36 Å². The van der Waals surface area contributed by atoms with Gasteiger partial charge in [0.1, 0.15) is 0 Å². The minimum Gasteiger partial charge on any atom is -0.494 e. The lowest BCUT2D eigenvalue weighted by molar-refractivity contribution is 0.0697. The van der Waals surface area contributed by atoms with Gasteiger partial charge in [-0.25, -0.2) is 10.2 Å². The van der Waals surface area contributed by atoms with Gasteiger partial charge in [-0.15, -0.1) is 0 Å². The van der Waals surface area contributed by atoms with Crippen molar-refractivity contribution in [3.05, 3.63) is 114 Å². The molecule has 0 radical (unpaired) electrons. The summed E-state index contributed by atoms with van der Waals surface area (Å²) in [6, 6.07) is 23.3. The zero-order valence-corrected chi connectivity index (χ0v) is 20.2. The zero-order chi connectivity index (χ0) is 26.1. The molecule has 0 aliphatic rings. The maximum Gasteiger partial charge on any atom is 0.335 e. The molecule has 0 fully saturated rings. The molecule has 0 unspecified atom stereocenters. The highest BCUT2D eigenvalue weighted by atomic mass is 16.4. The molecule has 0 spiro atoms. The Morgan fingerprint density at radius 1 is 0.865 bits per heavy atom. The number of aromatic carboxylic acids is 1. The first-order valence-electron chi connectivity index (χ1n) is 11.6. The summed E-state index contributed by atoms with van der Waals surface area (Å²) in [5.41, 5.74) is 7.09. The lowest BCUT2D eigenvalue weighted by Gasteiger charge is -2.08. The molecule has 3 N–H and O–H groups in total. The molecule has 0 atom stereocenters. The van der Waals surface area contributed by atoms with E-state index in [1.807, 2.05) is 78.5 Å². The van der Waals surface area contributed by atoms with Crippen molar-refractivity contribution in [1.82, 2.24) is 14.6 Å². The van der Waals surface area contributed by atoms with Gasteiger partial charge in [-0.2, -0.15) is 5.10 Å². The number of nitrogens with one attached hydrogen (secondary N) is 1. The van der Waals surface area contributed by atoms with Crippen molar-refractivity contribution in [1.29, 1.82) is 0 Å². The van der Waals surface area contributed by atoms with Gasteiger partial charge in [-0.05, 0) is 74.5 Å². The van der Waals surface area contributed by atoms with E-state index in [-0.39, 0.29) is 17.0 Å². The number of carbonyl (C=O) groups excluding carboxylic acids is 1. The minimum absolute atomic E-state index is 0.00436. The first-order valence-corrected chi connectivity index (χ1v) is 11.6. The van der Waals surface area contributed by atoms with Crippen molar-refractivity contribution in [3.8, 4) is 17.3 Å². The average molecular weight is 493 g/mol. The number of rotatable bonds is 6. The van der Waals surface area contributed by atoms with Gasteiger partial charge in [0.25, 0.3) is 5.91 Å². The number of fused-ring (bicyclic) bond motifs is 1. The number of aromatic nitrogens is 2. The standard InChI is InChI=1S/C29H24N4O4/c1-18-8-10-22(11-9-18)33-25-13-12-23(32-14-3-4-15-32)17-24(25)26(28(33)35)19(2)30-31-27(34)20-6-5-7-21(16-20)29(36)37/h3-17,35H,1-2H3,(H,31,34)(H,36,37). The normalized spacial score (nSPS) is 11.6. The van der Waals surface area contributed by atoms with Crippen LogP contribution in [0.5, 0.6) is 5.88 Å². The largest absolute Gasteiger partial charge is 0.494 e. The third-order valence-corrected chi connectivity index (χ3v) is 6.18. The Bertz CT molecular complexity index is 1660. The first-order chi connectivity index (χ1) is 17.8. The van der Waals surface area contributed by atoms with E-state index >= 15 is 0 Å². The number of hydrazone groups is 1. The molecular formula is C29H24N4O4. The highest BCUT2D eigenvalue weighted by Crippen LogP contribution is 2.36. The number of nitrogens with zero attached hydrogens (tertiary/aromatic N) is 3. The summed E-state index contributed by atoms with van der Waals surface area (Å²) in [7, 11) is 0. The maximum absolute atomic E-state index is 12.7. The van der Waals surface area contributed by atoms with Crippen LogP contribution in [0.4, 0.5) is 0 Å². The second kappa shape index (κ2) is 9.50. The molecule has 0 bridgehead atoms. The molecule has 5 aromatic rings. The highest BCUT2D eigenvalue weighted by molar-refractivity contribution is 6.13. The number of aryl methyl sites for hydroxylation is 1. The quantitative estimate of drug-likeness (QED) is 0.221. The Morgan fingerprint density at radius 2 is 1.54 bits per heavy atom. The molecule has 5 rings (SSSR count). The fourth-order valence-electron chi connectivity index (χ4n) is 4.29. The topological polar surface area (TPSA) is 109 Å². The Morgan fingerprint density at radius 3 is 2.24 bits per heavy atom. The predicted molar refractivity (Wildman–Crippen MR) is 142 cm³/mol. The molecule has 184 valence electrons. The van der Waals surface area contributed by atoms with E-state index in [4.69, 9.17) is 0 Å². The van der Waals surface area contributed by atoms with E-state index in [2.05, 4.69) is 10.5 Å². The predicted octanol–water partition coefficient (Wildman–Crippen LogP) is 5.29. The van der Waals surface area contributed by atoms with Crippen molar-refractivity contribution in [2.45, 2.75) is 13.8 Å². The van der Waals surface area contributed by atoms with E-state index in [0.717, 1.165) is 27.8 Å². The molecule has 2 heterocycles. The SMILES string of the molecule is CC(=NNC(=O)c1cccc(C(=O)O)c1)c1c(O)n(-c2ccc(C)cc2)c2ccc(-n3cccc3)cc12. The van der Waals surface area contributed by atoms with E-state index in [1.165, 1.54) is 24.3 Å². The molecule has 1 amide bonds. The van der Waals surface area contributed by atoms with Gasteiger partial charge in [0.15, 0.2) is 0 Å². The smallest absolute Gasteiger partial charge is 0.335 e. The third-order valence-electron chi connectivity index (χ3n) is 6.18. The summed E-state index contributed by atoms with van der Waals surface area (Å²) >= 11 is 0. The molecule has 37 heavy (non-hydrogen) atoms. The number of carboxylic acid groups (broad SMARTS) is 1. The van der Waals surface area contributed by atoms with Crippen LogP contribution in [0.25, 0.3) is 22.3 Å². The van der Waals surface area contributed by atoms with Crippen molar-refractivity contribution >= 4 is 28.5 Å². The van der Waals surface area contributed by atoms with Crippen molar-refractivity contribution in [2.24, 2.45) is 5.10 Å². The van der Waals surface area contributed by atoms with Crippen LogP contribution in [-0.4, -0.2) is 36.9 Å². The van der Waals surface area contributed by atoms with Crippen LogP contribution in [0.3, 0.4) is 0 Å². The lowest BCUT2D eigenvalue weighted by Crippen LogP contribution is -2.19. The number of hydrogen-bond donors (Lipinski definition) is 3. The molecule has 8 heteroatoms. The molecule has 0 saturated carbocycles. The van der Waals surface area contributed by atoms with Gasteiger partial charge in [0.05, 0.1) is 22.4 Å². The average Bonchev–Trinajstić information content (AvgIpc) is 3.53. The van der Waals surface area contributed by atoms with Crippen molar-refractivity contribution in [3.63, 3.8) is 0 Å². The number of amides is 1. The number of carbonyl (C=O) groups is 2. The van der Waals surface area contributed by atoms with Gasteiger partial charge >= 0.3 is 5.97 Å². The monoisotopic (exact) mass is 492 g/mol. The second-order valence-electron chi connectivity index (χ2n) is 8.69. The zero-order valence-electron chi connectivity index (χ0n) is 20.2. The third kappa shape index (κ3) is 4.48. The van der Waals surface area contributed by atoms with E-state index in [9.17, 15) is 19.8 Å². The summed E-state index contributed by atoms with van der Waals surface area (Å²) < 4.78 is 3.72. The maximum atomic E-state index is 12.7. The molecule has 0 aliphatic heterocycles. The first kappa shape index (κ1) is 23.6. The molecule has 3 aromatic carbocycles. The number of hydrogen-bond acceptors (Lipinski definition) is 4. The van der Waals surface area contributed by atoms with Crippen molar-refractivity contribution < 1.29 is 19.8 Å². The molecule has 8 nitrogen and oxygen atoms in total. The summed E-state index contributed by atoms with van der Waals surface area (Å²) in [6.45, 7) is 3.70. The van der Waals surface area contributed by atoms with Gasteiger partial charge in [-0.1, -0.05) is 23.8 Å². The highest BCUT2D eigenvalue weighted by Gasteiger charge is 2.21. The van der Waals surface area contributed by atoms with Gasteiger partial charge < -0.3 is 14.8 Å². The van der Waals surface area contributed by atoms with E-state index in [1.54, 1.807) is 11.5 Å². The van der Waals surface area contributed by atoms with Crippen LogP contribution < -0.4 is 5.43 Å². The Hall–Kier alpha value is -5.11. The Balaban J connectivity index is 1.60. The van der Waals surface area contributed by atoms with Gasteiger partial charge in [0, 0.05) is 34.7 Å². The van der Waals surface area contributed by atoms with Crippen LogP contribution in [0.1, 0.15) is 38.8 Å². The van der Waals surface area contributed by atoms with E-state index in [0.29, 0.717) is 11.3 Å². The summed E-state index contributed by atoms with van der Waals surface area (Å²) in [4.78, 5) is 23.9. The van der Waals surface area contributed by atoms with Crippen molar-refractivity contribution in [2.75, 3.05) is 0 Å². The summed E-state index contributed by atoms with van der Waals surface area (Å²) in [6.07, 6.45) is 3.87. The summed E-state index contributed by atoms with van der Waals surface area (Å²) in [5, 5.41) is 25.6. The second-order valence-corrected chi connectivity index (χ2v) is 8.69. The van der Waals surface area contributed by atoms with Gasteiger partial charge in [0.2, 0.25) is 5.88 Å². The van der Waals surface area contributed by atoms with E-state index < -0.39 is 11.9 Å². The molecule has 0 aliphatic carbocycles. The fourth-order valence-corrected chi connectivity index (χ4v) is 4.29. The molecular weight excluding hydrogens is 468 g/mol. The Labute approximate surface area is 212 Å². The molecule has 2 aromatic heterocycles.